The number of hydrogen-bond acceptors (Lipinski definition) is 4. The van der Waals surface area contributed by atoms with Gasteiger partial charge in [-0.25, -0.2) is 13.4 Å². The maximum Gasteiger partial charge on any atom is 0.243 e. The van der Waals surface area contributed by atoms with Gasteiger partial charge in [-0.05, 0) is 49.9 Å². The molecule has 7 nitrogen and oxygen atoms in total. The van der Waals surface area contributed by atoms with Gasteiger partial charge in [0.2, 0.25) is 15.9 Å². The van der Waals surface area contributed by atoms with Crippen LogP contribution in [0.3, 0.4) is 0 Å². The van der Waals surface area contributed by atoms with E-state index in [1.165, 1.54) is 5.56 Å². The normalized spacial score (nSPS) is 16.0. The third-order valence-corrected chi connectivity index (χ3v) is 8.59. The fraction of sp³-hybridized carbons (Fsp3) is 0.462. The summed E-state index contributed by atoms with van der Waals surface area (Å²) in [5.41, 5.74) is 3.80. The number of benzene rings is 2. The van der Waals surface area contributed by atoms with E-state index in [2.05, 4.69) is 41.5 Å². The minimum atomic E-state index is -3.51. The van der Waals surface area contributed by atoms with Crippen molar-refractivity contribution >= 4 is 27.0 Å². The number of carbonyl (C=O) groups excluding carboxylic acids is 1. The summed E-state index contributed by atoms with van der Waals surface area (Å²) in [7, 11) is -1.60. The molecule has 1 aromatic heterocycles. The number of amides is 1. The Kier molecular flexibility index (Phi) is 7.38. The van der Waals surface area contributed by atoms with E-state index in [0.29, 0.717) is 31.4 Å². The van der Waals surface area contributed by atoms with Gasteiger partial charge < -0.3 is 9.88 Å². The van der Waals surface area contributed by atoms with Crippen LogP contribution in [0.5, 0.6) is 0 Å². The lowest BCUT2D eigenvalue weighted by Gasteiger charge is -2.25. The first-order valence-corrected chi connectivity index (χ1v) is 13.5. The summed E-state index contributed by atoms with van der Waals surface area (Å²) < 4.78 is 29.6. The standard InChI is InChI=1S/C26H34N4O3S/c1-4-22(20-10-8-19(2)9-11-20)28-26(31)15-14-25-27-23-18-21(12-13-24(23)29(25)3)34(32,33)30-16-6-5-7-17-30/h8-13,18,22H,4-7,14-17H2,1-3H3,(H,28,31). The van der Waals surface area contributed by atoms with Crippen LogP contribution in [-0.2, 0) is 28.3 Å². The van der Waals surface area contributed by atoms with Crippen LogP contribution in [0, 0.1) is 6.92 Å². The van der Waals surface area contributed by atoms with Gasteiger partial charge in [-0.3, -0.25) is 4.79 Å². The average Bonchev–Trinajstić information content (AvgIpc) is 3.17. The molecule has 4 rings (SSSR count). The first kappa shape index (κ1) is 24.4. The predicted molar refractivity (Wildman–Crippen MR) is 134 cm³/mol. The maximum absolute atomic E-state index is 13.0. The zero-order chi connectivity index (χ0) is 24.3. The Morgan fingerprint density at radius 3 is 2.47 bits per heavy atom. The lowest BCUT2D eigenvalue weighted by molar-refractivity contribution is -0.121. The Labute approximate surface area is 202 Å². The number of imidazole rings is 1. The first-order valence-electron chi connectivity index (χ1n) is 12.1. The van der Waals surface area contributed by atoms with Gasteiger partial charge in [0.1, 0.15) is 5.82 Å². The van der Waals surface area contributed by atoms with Gasteiger partial charge in [-0.15, -0.1) is 0 Å². The molecule has 1 fully saturated rings. The number of sulfonamides is 1. The van der Waals surface area contributed by atoms with Crippen molar-refractivity contribution in [2.75, 3.05) is 13.1 Å². The van der Waals surface area contributed by atoms with Crippen LogP contribution in [-0.4, -0.2) is 41.3 Å². The van der Waals surface area contributed by atoms with Crippen molar-refractivity contribution in [1.29, 1.82) is 0 Å². The van der Waals surface area contributed by atoms with Gasteiger partial charge in [0.05, 0.1) is 22.0 Å². The fourth-order valence-corrected chi connectivity index (χ4v) is 6.12. The largest absolute Gasteiger partial charge is 0.349 e. The molecule has 182 valence electrons. The molecule has 0 aliphatic carbocycles. The van der Waals surface area contributed by atoms with Crippen LogP contribution < -0.4 is 5.32 Å². The highest BCUT2D eigenvalue weighted by Crippen LogP contribution is 2.25. The number of aryl methyl sites for hydroxylation is 3. The topological polar surface area (TPSA) is 84.3 Å². The van der Waals surface area contributed by atoms with Crippen molar-refractivity contribution in [3.8, 4) is 0 Å². The number of hydrogen-bond donors (Lipinski definition) is 1. The predicted octanol–water partition coefficient (Wildman–Crippen LogP) is 4.26. The Morgan fingerprint density at radius 1 is 1.09 bits per heavy atom. The molecule has 1 aliphatic heterocycles. The van der Waals surface area contributed by atoms with E-state index in [-0.39, 0.29) is 16.8 Å². The summed E-state index contributed by atoms with van der Waals surface area (Å²) in [6.45, 7) is 5.26. The van der Waals surface area contributed by atoms with E-state index >= 15 is 0 Å². The van der Waals surface area contributed by atoms with Crippen LogP contribution >= 0.6 is 0 Å². The zero-order valence-corrected chi connectivity index (χ0v) is 21.1. The molecule has 2 aromatic carbocycles. The molecule has 34 heavy (non-hydrogen) atoms. The lowest BCUT2D eigenvalue weighted by Crippen LogP contribution is -2.35. The first-order chi connectivity index (χ1) is 16.3. The third-order valence-electron chi connectivity index (χ3n) is 6.70. The van der Waals surface area contributed by atoms with E-state index in [4.69, 9.17) is 0 Å². The number of aromatic nitrogens is 2. The van der Waals surface area contributed by atoms with Gasteiger partial charge in [0.15, 0.2) is 0 Å². The average molecular weight is 483 g/mol. The molecule has 0 saturated carbocycles. The minimum Gasteiger partial charge on any atom is -0.349 e. The second kappa shape index (κ2) is 10.3. The lowest BCUT2D eigenvalue weighted by atomic mass is 10.0. The summed E-state index contributed by atoms with van der Waals surface area (Å²) in [5, 5.41) is 3.13. The highest BCUT2D eigenvalue weighted by molar-refractivity contribution is 7.89. The second-order valence-electron chi connectivity index (χ2n) is 9.14. The van der Waals surface area contributed by atoms with Crippen molar-refractivity contribution in [1.82, 2.24) is 19.2 Å². The Bertz CT molecular complexity index is 1260. The highest BCUT2D eigenvalue weighted by atomic mass is 32.2. The van der Waals surface area contributed by atoms with Crippen LogP contribution in [0.15, 0.2) is 47.4 Å². The number of nitrogens with zero attached hydrogens (tertiary/aromatic N) is 3. The van der Waals surface area contributed by atoms with Gasteiger partial charge >= 0.3 is 0 Å². The minimum absolute atomic E-state index is 0.0175. The van der Waals surface area contributed by atoms with Crippen molar-refractivity contribution < 1.29 is 13.2 Å². The van der Waals surface area contributed by atoms with E-state index < -0.39 is 10.0 Å². The highest BCUT2D eigenvalue weighted by Gasteiger charge is 2.26. The van der Waals surface area contributed by atoms with Crippen LogP contribution in [0.25, 0.3) is 11.0 Å². The molecule has 1 N–H and O–H groups in total. The quantitative estimate of drug-likeness (QED) is 0.520. The third kappa shape index (κ3) is 5.18. The van der Waals surface area contributed by atoms with Gasteiger partial charge in [0.25, 0.3) is 0 Å². The number of carbonyl (C=O) groups is 1. The molecule has 1 unspecified atom stereocenters. The molecule has 0 radical (unpaired) electrons. The molecule has 1 saturated heterocycles. The smallest absolute Gasteiger partial charge is 0.243 e. The molecule has 3 aromatic rings. The van der Waals surface area contributed by atoms with Crippen molar-refractivity contribution in [2.24, 2.45) is 7.05 Å². The van der Waals surface area contributed by atoms with Crippen molar-refractivity contribution in [2.45, 2.75) is 63.3 Å². The van der Waals surface area contributed by atoms with Crippen LogP contribution in [0.4, 0.5) is 0 Å². The number of rotatable bonds is 8. The summed E-state index contributed by atoms with van der Waals surface area (Å²) in [5.74, 6) is 0.744. The summed E-state index contributed by atoms with van der Waals surface area (Å²) in [6.07, 6.45) is 4.50. The Morgan fingerprint density at radius 2 is 1.79 bits per heavy atom. The Hall–Kier alpha value is -2.71. The zero-order valence-electron chi connectivity index (χ0n) is 20.3. The molecule has 1 amide bonds. The van der Waals surface area contributed by atoms with Crippen molar-refractivity contribution in [3.63, 3.8) is 0 Å². The molecule has 8 heteroatoms. The second-order valence-corrected chi connectivity index (χ2v) is 11.1. The molecule has 1 atom stereocenters. The van der Waals surface area contributed by atoms with Gasteiger partial charge in [-0.2, -0.15) is 4.31 Å². The molecule has 0 spiro atoms. The molecular formula is C26H34N4O3S. The summed E-state index contributed by atoms with van der Waals surface area (Å²) in [6, 6.07) is 13.4. The molecule has 2 heterocycles. The van der Waals surface area contributed by atoms with Gasteiger partial charge in [-0.1, -0.05) is 43.2 Å². The number of piperidine rings is 1. The van der Waals surface area contributed by atoms with Crippen molar-refractivity contribution in [3.05, 3.63) is 59.4 Å². The van der Waals surface area contributed by atoms with E-state index in [9.17, 15) is 13.2 Å². The monoisotopic (exact) mass is 482 g/mol. The van der Waals surface area contributed by atoms with Gasteiger partial charge in [0, 0.05) is 33.0 Å². The van der Waals surface area contributed by atoms with Crippen LogP contribution in [0.1, 0.15) is 62.0 Å². The van der Waals surface area contributed by atoms with E-state index in [1.54, 1.807) is 16.4 Å². The summed E-state index contributed by atoms with van der Waals surface area (Å²) >= 11 is 0. The SMILES string of the molecule is CCC(NC(=O)CCc1nc2cc(S(=O)(=O)N3CCCCC3)ccc2n1C)c1ccc(C)cc1. The maximum atomic E-state index is 13.0. The summed E-state index contributed by atoms with van der Waals surface area (Å²) in [4.78, 5) is 17.6. The number of fused-ring (bicyclic) bond motifs is 1. The fourth-order valence-electron chi connectivity index (χ4n) is 4.58. The Balaban J connectivity index is 1.45. The molecule has 1 aliphatic rings. The van der Waals surface area contributed by atoms with E-state index in [0.717, 1.165) is 42.6 Å². The molecule has 0 bridgehead atoms. The van der Waals surface area contributed by atoms with Crippen LogP contribution in [0.2, 0.25) is 0 Å². The molecular weight excluding hydrogens is 448 g/mol. The number of nitrogens with one attached hydrogen (secondary N) is 1. The van der Waals surface area contributed by atoms with E-state index in [1.807, 2.05) is 24.6 Å².